The van der Waals surface area contributed by atoms with Crippen LogP contribution in [-0.4, -0.2) is 13.1 Å². The third-order valence-electron chi connectivity index (χ3n) is 3.07. The summed E-state index contributed by atoms with van der Waals surface area (Å²) in [5.74, 6) is 0.586. The Hall–Kier alpha value is -0.890. The van der Waals surface area contributed by atoms with Crippen molar-refractivity contribution < 1.29 is 4.39 Å². The maximum absolute atomic E-state index is 12.9. The van der Waals surface area contributed by atoms with Gasteiger partial charge in [-0.25, -0.2) is 4.39 Å². The number of hydrogen-bond acceptors (Lipinski definition) is 1. The highest BCUT2D eigenvalue weighted by molar-refractivity contribution is 5.26. The molecule has 16 heavy (non-hydrogen) atoms. The van der Waals surface area contributed by atoms with Crippen molar-refractivity contribution in [2.75, 3.05) is 13.1 Å². The molecule has 1 aromatic carbocycles. The minimum Gasteiger partial charge on any atom is -0.316 e. The Kier molecular flexibility index (Phi) is 5.47. The average Bonchev–Trinajstić information content (AvgIpc) is 2.26. The summed E-state index contributed by atoms with van der Waals surface area (Å²) in [5, 5.41) is 3.43. The molecule has 0 aromatic heterocycles. The van der Waals surface area contributed by atoms with Gasteiger partial charge in [0.25, 0.3) is 0 Å². The van der Waals surface area contributed by atoms with Crippen molar-refractivity contribution in [3.05, 3.63) is 35.1 Å². The van der Waals surface area contributed by atoms with Gasteiger partial charge in [0.05, 0.1) is 0 Å². The van der Waals surface area contributed by atoms with Gasteiger partial charge < -0.3 is 5.32 Å². The highest BCUT2D eigenvalue weighted by atomic mass is 19.1. The van der Waals surface area contributed by atoms with E-state index in [1.807, 2.05) is 13.0 Å². The molecular weight excluding hydrogens is 201 g/mol. The standard InChI is InChI=1S/C14H22FN/c1-4-11(2)10-16-8-7-13-5-6-14(15)9-12(13)3/h5-6,9,11,16H,4,7-8,10H2,1-3H3. The van der Waals surface area contributed by atoms with Gasteiger partial charge in [0.15, 0.2) is 0 Å². The second kappa shape index (κ2) is 6.64. The molecule has 1 rings (SSSR count). The SMILES string of the molecule is CCC(C)CNCCc1ccc(F)cc1C. The third kappa shape index (κ3) is 4.31. The Morgan fingerprint density at radius 3 is 2.75 bits per heavy atom. The first-order valence-electron chi connectivity index (χ1n) is 6.09. The number of aryl methyl sites for hydroxylation is 1. The molecule has 1 N–H and O–H groups in total. The lowest BCUT2D eigenvalue weighted by atomic mass is 10.1. The largest absolute Gasteiger partial charge is 0.316 e. The van der Waals surface area contributed by atoms with Crippen LogP contribution >= 0.6 is 0 Å². The summed E-state index contributed by atoms with van der Waals surface area (Å²) in [6.07, 6.45) is 2.19. The van der Waals surface area contributed by atoms with E-state index in [-0.39, 0.29) is 5.82 Å². The van der Waals surface area contributed by atoms with Crippen molar-refractivity contribution in [1.29, 1.82) is 0 Å². The Morgan fingerprint density at radius 1 is 1.38 bits per heavy atom. The van der Waals surface area contributed by atoms with Crippen LogP contribution in [0.3, 0.4) is 0 Å². The minimum absolute atomic E-state index is 0.145. The quantitative estimate of drug-likeness (QED) is 0.730. The van der Waals surface area contributed by atoms with Gasteiger partial charge in [-0.2, -0.15) is 0 Å². The Labute approximate surface area is 98.1 Å². The van der Waals surface area contributed by atoms with E-state index in [4.69, 9.17) is 0 Å². The van der Waals surface area contributed by atoms with E-state index in [1.54, 1.807) is 6.07 Å². The van der Waals surface area contributed by atoms with Crippen LogP contribution in [0, 0.1) is 18.7 Å². The van der Waals surface area contributed by atoms with Gasteiger partial charge in [-0.1, -0.05) is 26.3 Å². The number of nitrogens with one attached hydrogen (secondary N) is 1. The van der Waals surface area contributed by atoms with Crippen molar-refractivity contribution in [3.8, 4) is 0 Å². The average molecular weight is 223 g/mol. The first-order chi connectivity index (χ1) is 7.63. The normalized spacial score (nSPS) is 12.8. The molecular formula is C14H22FN. The molecule has 1 atom stereocenters. The summed E-state index contributed by atoms with van der Waals surface area (Å²) in [4.78, 5) is 0. The van der Waals surface area contributed by atoms with Crippen LogP contribution in [0.1, 0.15) is 31.4 Å². The molecule has 0 heterocycles. The van der Waals surface area contributed by atoms with Gasteiger partial charge in [-0.05, 0) is 55.6 Å². The summed E-state index contributed by atoms with van der Waals surface area (Å²) in [6, 6.07) is 5.02. The molecule has 1 nitrogen and oxygen atoms in total. The first kappa shape index (κ1) is 13.2. The fraction of sp³-hybridized carbons (Fsp3) is 0.571. The van der Waals surface area contributed by atoms with Gasteiger partial charge in [0.2, 0.25) is 0 Å². The van der Waals surface area contributed by atoms with E-state index in [0.29, 0.717) is 0 Å². The van der Waals surface area contributed by atoms with Crippen LogP contribution < -0.4 is 5.32 Å². The molecule has 0 aliphatic rings. The van der Waals surface area contributed by atoms with Crippen LogP contribution in [-0.2, 0) is 6.42 Å². The summed E-state index contributed by atoms with van der Waals surface area (Å²) < 4.78 is 12.9. The van der Waals surface area contributed by atoms with Gasteiger partial charge in [0.1, 0.15) is 5.82 Å². The number of rotatable bonds is 6. The zero-order chi connectivity index (χ0) is 12.0. The van der Waals surface area contributed by atoms with Crippen molar-refractivity contribution in [2.45, 2.75) is 33.6 Å². The van der Waals surface area contributed by atoms with Gasteiger partial charge in [-0.3, -0.25) is 0 Å². The Morgan fingerprint density at radius 2 is 2.12 bits per heavy atom. The number of halogens is 1. The molecule has 2 heteroatoms. The van der Waals surface area contributed by atoms with E-state index in [1.165, 1.54) is 18.1 Å². The zero-order valence-corrected chi connectivity index (χ0v) is 10.5. The lowest BCUT2D eigenvalue weighted by molar-refractivity contribution is 0.502. The van der Waals surface area contributed by atoms with Gasteiger partial charge in [0, 0.05) is 0 Å². The molecule has 0 bridgehead atoms. The van der Waals surface area contributed by atoms with Crippen LogP contribution in [0.25, 0.3) is 0 Å². The Balaban J connectivity index is 2.32. The third-order valence-corrected chi connectivity index (χ3v) is 3.07. The fourth-order valence-corrected chi connectivity index (χ4v) is 1.66. The lowest BCUT2D eigenvalue weighted by Gasteiger charge is -2.11. The zero-order valence-electron chi connectivity index (χ0n) is 10.5. The number of hydrogen-bond donors (Lipinski definition) is 1. The molecule has 0 spiro atoms. The molecule has 1 aromatic rings. The molecule has 1 unspecified atom stereocenters. The molecule has 0 radical (unpaired) electrons. The monoisotopic (exact) mass is 223 g/mol. The van der Waals surface area contributed by atoms with Crippen LogP contribution in [0.4, 0.5) is 4.39 Å². The lowest BCUT2D eigenvalue weighted by Crippen LogP contribution is -2.23. The molecule has 0 saturated heterocycles. The van der Waals surface area contributed by atoms with Crippen LogP contribution in [0.2, 0.25) is 0 Å². The summed E-state index contributed by atoms with van der Waals surface area (Å²) >= 11 is 0. The predicted molar refractivity (Wildman–Crippen MR) is 67.2 cm³/mol. The highest BCUT2D eigenvalue weighted by Gasteiger charge is 2.01. The maximum atomic E-state index is 12.9. The summed E-state index contributed by atoms with van der Waals surface area (Å²) in [7, 11) is 0. The van der Waals surface area contributed by atoms with E-state index in [2.05, 4.69) is 19.2 Å². The van der Waals surface area contributed by atoms with E-state index >= 15 is 0 Å². The Bertz CT molecular complexity index is 323. The molecule has 0 saturated carbocycles. The number of benzene rings is 1. The smallest absolute Gasteiger partial charge is 0.123 e. The van der Waals surface area contributed by atoms with Crippen LogP contribution in [0.15, 0.2) is 18.2 Å². The molecule has 0 aliphatic carbocycles. The van der Waals surface area contributed by atoms with E-state index in [9.17, 15) is 4.39 Å². The van der Waals surface area contributed by atoms with Crippen molar-refractivity contribution in [1.82, 2.24) is 5.32 Å². The molecule has 0 aliphatic heterocycles. The summed E-state index contributed by atoms with van der Waals surface area (Å²) in [5.41, 5.74) is 2.28. The van der Waals surface area contributed by atoms with Crippen LogP contribution in [0.5, 0.6) is 0 Å². The topological polar surface area (TPSA) is 12.0 Å². The van der Waals surface area contributed by atoms with Crippen molar-refractivity contribution in [2.24, 2.45) is 5.92 Å². The predicted octanol–water partition coefficient (Wildman–Crippen LogP) is 3.31. The highest BCUT2D eigenvalue weighted by Crippen LogP contribution is 2.10. The van der Waals surface area contributed by atoms with Crippen molar-refractivity contribution in [3.63, 3.8) is 0 Å². The molecule has 90 valence electrons. The van der Waals surface area contributed by atoms with E-state index < -0.39 is 0 Å². The fourth-order valence-electron chi connectivity index (χ4n) is 1.66. The second-order valence-electron chi connectivity index (χ2n) is 4.54. The maximum Gasteiger partial charge on any atom is 0.123 e. The molecule has 0 fully saturated rings. The summed E-state index contributed by atoms with van der Waals surface area (Å²) in [6.45, 7) is 8.45. The first-order valence-corrected chi connectivity index (χ1v) is 6.09. The van der Waals surface area contributed by atoms with E-state index in [0.717, 1.165) is 31.0 Å². The van der Waals surface area contributed by atoms with Crippen molar-refractivity contribution >= 4 is 0 Å². The van der Waals surface area contributed by atoms with Gasteiger partial charge in [-0.15, -0.1) is 0 Å². The molecule has 0 amide bonds. The second-order valence-corrected chi connectivity index (χ2v) is 4.54. The van der Waals surface area contributed by atoms with Gasteiger partial charge >= 0.3 is 0 Å². The minimum atomic E-state index is -0.145.